The minimum Gasteiger partial charge on any atom is -0.299 e. The molecule has 2 aliphatic heterocycles. The van der Waals surface area contributed by atoms with Gasteiger partial charge in [-0.05, 0) is 55.1 Å². The SMILES string of the molecule is Cc1ccccc1[C@@H]1[C@@H]2CN(S(=O)(=O)c3cccc(C#N)c3)C[C@@H]2CN1C. The number of nitrogens with zero attached hydrogens (tertiary/aromatic N) is 3. The van der Waals surface area contributed by atoms with Crippen LogP contribution in [0.2, 0.25) is 0 Å². The number of hydrogen-bond acceptors (Lipinski definition) is 4. The second kappa shape index (κ2) is 6.75. The first-order chi connectivity index (χ1) is 12.9. The van der Waals surface area contributed by atoms with Crippen molar-refractivity contribution >= 4 is 10.0 Å². The van der Waals surface area contributed by atoms with Crippen LogP contribution in [-0.2, 0) is 10.0 Å². The highest BCUT2D eigenvalue weighted by Gasteiger charge is 2.49. The van der Waals surface area contributed by atoms with Crippen LogP contribution in [0.1, 0.15) is 22.7 Å². The fourth-order valence-corrected chi connectivity index (χ4v) is 6.26. The van der Waals surface area contributed by atoms with Crippen LogP contribution in [0.3, 0.4) is 0 Å². The molecule has 0 aliphatic carbocycles. The van der Waals surface area contributed by atoms with Gasteiger partial charge in [-0.1, -0.05) is 30.3 Å². The minimum atomic E-state index is -3.58. The Hall–Kier alpha value is -2.20. The molecule has 0 saturated carbocycles. The number of hydrogen-bond donors (Lipinski definition) is 0. The van der Waals surface area contributed by atoms with Gasteiger partial charge in [0.25, 0.3) is 0 Å². The molecule has 2 aromatic carbocycles. The Kier molecular flexibility index (Phi) is 4.55. The van der Waals surface area contributed by atoms with Crippen LogP contribution in [0.5, 0.6) is 0 Å². The van der Waals surface area contributed by atoms with Crippen molar-refractivity contribution in [1.82, 2.24) is 9.21 Å². The molecule has 0 aromatic heterocycles. The molecule has 0 unspecified atom stereocenters. The van der Waals surface area contributed by atoms with Crippen LogP contribution in [0, 0.1) is 30.1 Å². The Balaban J connectivity index is 1.63. The van der Waals surface area contributed by atoms with Gasteiger partial charge in [0.15, 0.2) is 0 Å². The number of benzene rings is 2. The molecule has 0 radical (unpaired) electrons. The minimum absolute atomic E-state index is 0.210. The Labute approximate surface area is 160 Å². The smallest absolute Gasteiger partial charge is 0.243 e. The molecule has 2 saturated heterocycles. The van der Waals surface area contributed by atoms with Crippen LogP contribution in [0.25, 0.3) is 0 Å². The molecular formula is C21H23N3O2S. The number of likely N-dealkylation sites (tertiary alicyclic amines) is 1. The lowest BCUT2D eigenvalue weighted by molar-refractivity contribution is 0.260. The third kappa shape index (κ3) is 3.06. The Morgan fingerprint density at radius 2 is 1.85 bits per heavy atom. The first kappa shape index (κ1) is 18.2. The maximum Gasteiger partial charge on any atom is 0.243 e. The van der Waals surface area contributed by atoms with Crippen molar-refractivity contribution in [3.63, 3.8) is 0 Å². The van der Waals surface area contributed by atoms with E-state index in [4.69, 9.17) is 5.26 Å². The summed E-state index contributed by atoms with van der Waals surface area (Å²) >= 11 is 0. The summed E-state index contributed by atoms with van der Waals surface area (Å²) in [7, 11) is -1.45. The Morgan fingerprint density at radius 1 is 1.07 bits per heavy atom. The summed E-state index contributed by atoms with van der Waals surface area (Å²) in [5.41, 5.74) is 2.91. The van der Waals surface area contributed by atoms with Crippen molar-refractivity contribution < 1.29 is 8.42 Å². The molecule has 140 valence electrons. The Bertz CT molecular complexity index is 1010. The molecule has 2 aliphatic rings. The van der Waals surface area contributed by atoms with Crippen LogP contribution >= 0.6 is 0 Å². The van der Waals surface area contributed by atoms with Crippen LogP contribution in [-0.4, -0.2) is 44.3 Å². The third-order valence-corrected chi connectivity index (χ3v) is 7.80. The summed E-state index contributed by atoms with van der Waals surface area (Å²) in [4.78, 5) is 2.57. The van der Waals surface area contributed by atoms with Gasteiger partial charge in [-0.3, -0.25) is 4.90 Å². The van der Waals surface area contributed by atoms with Crippen molar-refractivity contribution in [2.45, 2.75) is 17.9 Å². The van der Waals surface area contributed by atoms with Crippen molar-refractivity contribution in [1.29, 1.82) is 5.26 Å². The van der Waals surface area contributed by atoms with Gasteiger partial charge in [0.2, 0.25) is 10.0 Å². The topological polar surface area (TPSA) is 64.4 Å². The lowest BCUT2D eigenvalue weighted by Crippen LogP contribution is -2.33. The van der Waals surface area contributed by atoms with Crippen molar-refractivity contribution in [3.05, 3.63) is 65.2 Å². The van der Waals surface area contributed by atoms with Crippen molar-refractivity contribution in [2.75, 3.05) is 26.7 Å². The van der Waals surface area contributed by atoms with Crippen molar-refractivity contribution in [3.8, 4) is 6.07 Å². The molecule has 5 nitrogen and oxygen atoms in total. The molecule has 4 rings (SSSR count). The molecule has 0 N–H and O–H groups in total. The highest BCUT2D eigenvalue weighted by Crippen LogP contribution is 2.45. The molecule has 2 fully saturated rings. The summed E-state index contributed by atoms with van der Waals surface area (Å²) in [6, 6.07) is 16.9. The molecule has 2 heterocycles. The molecule has 2 aromatic rings. The first-order valence-corrected chi connectivity index (χ1v) is 10.6. The van der Waals surface area contributed by atoms with Crippen molar-refractivity contribution in [2.24, 2.45) is 11.8 Å². The summed E-state index contributed by atoms with van der Waals surface area (Å²) in [5, 5.41) is 9.08. The second-order valence-corrected chi connectivity index (χ2v) is 9.56. The standard InChI is InChI=1S/C21H23N3O2S/c1-15-6-3-4-9-19(15)21-20-14-24(13-17(20)12-23(21)2)27(25,26)18-8-5-7-16(10-18)11-22/h3-10,17,20-21H,12-14H2,1-2H3/t17-,20+,21+/m0/s1. The van der Waals surface area contributed by atoms with E-state index in [-0.39, 0.29) is 16.9 Å². The summed E-state index contributed by atoms with van der Waals surface area (Å²) in [6.07, 6.45) is 0. The van der Waals surface area contributed by atoms with Gasteiger partial charge in [-0.25, -0.2) is 8.42 Å². The summed E-state index contributed by atoms with van der Waals surface area (Å²) in [5.74, 6) is 0.610. The lowest BCUT2D eigenvalue weighted by Gasteiger charge is -2.27. The zero-order valence-corrected chi connectivity index (χ0v) is 16.4. The Morgan fingerprint density at radius 3 is 2.59 bits per heavy atom. The number of nitriles is 1. The van der Waals surface area contributed by atoms with Gasteiger partial charge in [-0.15, -0.1) is 0 Å². The maximum atomic E-state index is 13.1. The third-order valence-electron chi connectivity index (χ3n) is 5.97. The maximum absolute atomic E-state index is 13.1. The zero-order valence-electron chi connectivity index (χ0n) is 15.5. The van der Waals surface area contributed by atoms with E-state index in [9.17, 15) is 8.42 Å². The molecule has 0 amide bonds. The van der Waals surface area contributed by atoms with Crippen LogP contribution < -0.4 is 0 Å². The highest BCUT2D eigenvalue weighted by molar-refractivity contribution is 7.89. The number of fused-ring (bicyclic) bond motifs is 1. The number of aryl methyl sites for hydroxylation is 1. The fraction of sp³-hybridized carbons (Fsp3) is 0.381. The van der Waals surface area contributed by atoms with Gasteiger partial charge in [0.1, 0.15) is 0 Å². The van der Waals surface area contributed by atoms with E-state index in [1.807, 2.05) is 12.1 Å². The molecule has 6 heteroatoms. The van der Waals surface area contributed by atoms with Gasteiger partial charge in [-0.2, -0.15) is 9.57 Å². The monoisotopic (exact) mass is 381 g/mol. The highest BCUT2D eigenvalue weighted by atomic mass is 32.2. The zero-order chi connectivity index (χ0) is 19.2. The largest absolute Gasteiger partial charge is 0.299 e. The average Bonchev–Trinajstić information content (AvgIpc) is 3.20. The van der Waals surface area contributed by atoms with E-state index >= 15 is 0 Å². The van der Waals surface area contributed by atoms with Gasteiger partial charge < -0.3 is 0 Å². The summed E-state index contributed by atoms with van der Waals surface area (Å²) in [6.45, 7) is 4.07. The summed E-state index contributed by atoms with van der Waals surface area (Å²) < 4.78 is 27.9. The van der Waals surface area contributed by atoms with Gasteiger partial charge >= 0.3 is 0 Å². The predicted molar refractivity (Wildman–Crippen MR) is 103 cm³/mol. The molecular weight excluding hydrogens is 358 g/mol. The van der Waals surface area contributed by atoms with E-state index < -0.39 is 10.0 Å². The average molecular weight is 382 g/mol. The first-order valence-electron chi connectivity index (χ1n) is 9.18. The number of rotatable bonds is 3. The van der Waals surface area contributed by atoms with Crippen LogP contribution in [0.15, 0.2) is 53.4 Å². The molecule has 0 spiro atoms. The lowest BCUT2D eigenvalue weighted by atomic mass is 9.88. The number of sulfonamides is 1. The van der Waals surface area contributed by atoms with E-state index in [1.54, 1.807) is 22.5 Å². The van der Waals surface area contributed by atoms with E-state index in [2.05, 4.69) is 37.1 Å². The van der Waals surface area contributed by atoms with Gasteiger partial charge in [0.05, 0.1) is 16.5 Å². The molecule has 3 atom stereocenters. The van der Waals surface area contributed by atoms with E-state index in [1.165, 1.54) is 17.2 Å². The quantitative estimate of drug-likeness (QED) is 0.820. The fourth-order valence-electron chi connectivity index (χ4n) is 4.67. The van der Waals surface area contributed by atoms with Crippen LogP contribution in [0.4, 0.5) is 0 Å². The van der Waals surface area contributed by atoms with E-state index in [0.29, 0.717) is 24.6 Å². The second-order valence-electron chi connectivity index (χ2n) is 7.63. The normalized spacial score (nSPS) is 26.0. The van der Waals surface area contributed by atoms with E-state index in [0.717, 1.165) is 6.54 Å². The van der Waals surface area contributed by atoms with Gasteiger partial charge in [0, 0.05) is 25.7 Å². The molecule has 27 heavy (non-hydrogen) atoms. The predicted octanol–water partition coefficient (Wildman–Crippen LogP) is 2.79. The molecule has 0 bridgehead atoms.